The fraction of sp³-hybridized carbons (Fsp3) is 0.300. The molecule has 7 heteroatoms. The van der Waals surface area contributed by atoms with Crippen LogP contribution in [0.25, 0.3) is 0 Å². The molecule has 2 aromatic rings. The molecule has 0 aliphatic heterocycles. The molecular formula is C20H23Cl2N3O2. The van der Waals surface area contributed by atoms with Crippen molar-refractivity contribution in [1.82, 2.24) is 5.32 Å². The van der Waals surface area contributed by atoms with Crippen molar-refractivity contribution in [2.75, 3.05) is 24.3 Å². The number of carbonyl (C=O) groups is 2. The highest BCUT2D eigenvalue weighted by molar-refractivity contribution is 6.38. The number of carbonyl (C=O) groups excluding carboxylic acids is 2. The standard InChI is InChI=1S/C20H23Cl2N3O2/c1-4-6-18(26)24-19-16(10-14(21)11-17(19)22)20(27)23-12-13-7-5-8-15(9-13)25(2)3/h5,7-11H,4,6,12H2,1-3H3,(H,23,27)(H,24,26). The van der Waals surface area contributed by atoms with E-state index in [4.69, 9.17) is 23.2 Å². The van der Waals surface area contributed by atoms with Crippen LogP contribution in [0.2, 0.25) is 10.0 Å². The van der Waals surface area contributed by atoms with E-state index in [1.165, 1.54) is 12.1 Å². The quantitative estimate of drug-likeness (QED) is 0.697. The molecule has 0 bridgehead atoms. The number of benzene rings is 2. The average Bonchev–Trinajstić information content (AvgIpc) is 2.62. The van der Waals surface area contributed by atoms with Crippen LogP contribution in [-0.4, -0.2) is 25.9 Å². The van der Waals surface area contributed by atoms with Crippen molar-refractivity contribution in [3.05, 3.63) is 57.6 Å². The zero-order valence-corrected chi connectivity index (χ0v) is 17.1. The van der Waals surface area contributed by atoms with Crippen LogP contribution in [0.3, 0.4) is 0 Å². The molecule has 0 heterocycles. The van der Waals surface area contributed by atoms with Crippen molar-refractivity contribution in [3.8, 4) is 0 Å². The Hall–Kier alpha value is -2.24. The third-order valence-electron chi connectivity index (χ3n) is 3.92. The van der Waals surface area contributed by atoms with Crippen LogP contribution in [0.4, 0.5) is 11.4 Å². The molecule has 0 radical (unpaired) electrons. The lowest BCUT2D eigenvalue weighted by atomic mass is 10.1. The zero-order chi connectivity index (χ0) is 20.0. The van der Waals surface area contributed by atoms with Gasteiger partial charge in [0.2, 0.25) is 5.91 Å². The molecule has 5 nitrogen and oxygen atoms in total. The highest BCUT2D eigenvalue weighted by Gasteiger charge is 2.18. The molecule has 0 aromatic heterocycles. The Balaban J connectivity index is 2.20. The highest BCUT2D eigenvalue weighted by Crippen LogP contribution is 2.30. The summed E-state index contributed by atoms with van der Waals surface area (Å²) in [5.74, 6) is -0.559. The van der Waals surface area contributed by atoms with E-state index in [0.29, 0.717) is 24.4 Å². The first-order valence-corrected chi connectivity index (χ1v) is 9.40. The Morgan fingerprint density at radius 1 is 1.11 bits per heavy atom. The average molecular weight is 408 g/mol. The van der Waals surface area contributed by atoms with Gasteiger partial charge in [-0.05, 0) is 36.2 Å². The predicted octanol–water partition coefficient (Wildman–Crippen LogP) is 4.73. The van der Waals surface area contributed by atoms with Crippen LogP contribution < -0.4 is 15.5 Å². The fourth-order valence-electron chi connectivity index (χ4n) is 2.53. The van der Waals surface area contributed by atoms with Crippen LogP contribution in [0, 0.1) is 0 Å². The summed E-state index contributed by atoms with van der Waals surface area (Å²) >= 11 is 12.3. The van der Waals surface area contributed by atoms with Gasteiger partial charge in [0.1, 0.15) is 0 Å². The highest BCUT2D eigenvalue weighted by atomic mass is 35.5. The van der Waals surface area contributed by atoms with Gasteiger partial charge in [0, 0.05) is 37.8 Å². The fourth-order valence-corrected chi connectivity index (χ4v) is 3.07. The molecule has 2 amide bonds. The van der Waals surface area contributed by atoms with Gasteiger partial charge in [-0.15, -0.1) is 0 Å². The van der Waals surface area contributed by atoms with E-state index in [-0.39, 0.29) is 28.1 Å². The van der Waals surface area contributed by atoms with Gasteiger partial charge in [0.05, 0.1) is 16.3 Å². The minimum absolute atomic E-state index is 0.200. The second kappa shape index (κ2) is 9.62. The summed E-state index contributed by atoms with van der Waals surface area (Å²) in [6.45, 7) is 2.24. The summed E-state index contributed by atoms with van der Waals surface area (Å²) in [4.78, 5) is 26.7. The number of rotatable bonds is 7. The molecule has 0 saturated heterocycles. The number of hydrogen-bond donors (Lipinski definition) is 2. The second-order valence-electron chi connectivity index (χ2n) is 6.36. The van der Waals surface area contributed by atoms with Gasteiger partial charge >= 0.3 is 0 Å². The maximum absolute atomic E-state index is 12.7. The molecule has 0 spiro atoms. The Morgan fingerprint density at radius 3 is 2.52 bits per heavy atom. The first-order chi connectivity index (χ1) is 12.8. The molecule has 0 fully saturated rings. The molecule has 144 valence electrons. The number of anilines is 2. The Kier molecular flexibility index (Phi) is 7.51. The van der Waals surface area contributed by atoms with E-state index in [1.807, 2.05) is 50.2 Å². The van der Waals surface area contributed by atoms with Gasteiger partial charge < -0.3 is 15.5 Å². The topological polar surface area (TPSA) is 61.4 Å². The van der Waals surface area contributed by atoms with Crippen LogP contribution in [0.5, 0.6) is 0 Å². The number of amides is 2. The summed E-state index contributed by atoms with van der Waals surface area (Å²) < 4.78 is 0. The summed E-state index contributed by atoms with van der Waals surface area (Å²) in [6.07, 6.45) is 1.04. The van der Waals surface area contributed by atoms with Gasteiger partial charge in [0.15, 0.2) is 0 Å². The third kappa shape index (κ3) is 5.88. The SMILES string of the molecule is CCCC(=O)Nc1c(Cl)cc(Cl)cc1C(=O)NCc1cccc(N(C)C)c1. The van der Waals surface area contributed by atoms with E-state index in [1.54, 1.807) is 0 Å². The molecule has 0 atom stereocenters. The molecule has 2 rings (SSSR count). The van der Waals surface area contributed by atoms with Gasteiger partial charge in [-0.3, -0.25) is 9.59 Å². The normalized spacial score (nSPS) is 10.4. The number of nitrogens with one attached hydrogen (secondary N) is 2. The van der Waals surface area contributed by atoms with Crippen molar-refractivity contribution < 1.29 is 9.59 Å². The molecule has 27 heavy (non-hydrogen) atoms. The number of nitrogens with zero attached hydrogens (tertiary/aromatic N) is 1. The summed E-state index contributed by atoms with van der Waals surface area (Å²) in [5.41, 5.74) is 2.51. The minimum Gasteiger partial charge on any atom is -0.378 e. The van der Waals surface area contributed by atoms with Gasteiger partial charge in [-0.1, -0.05) is 42.3 Å². The van der Waals surface area contributed by atoms with Crippen LogP contribution in [0.15, 0.2) is 36.4 Å². The number of hydrogen-bond acceptors (Lipinski definition) is 3. The van der Waals surface area contributed by atoms with E-state index in [9.17, 15) is 9.59 Å². The Morgan fingerprint density at radius 2 is 1.85 bits per heavy atom. The molecule has 2 aromatic carbocycles. The molecule has 0 unspecified atom stereocenters. The first-order valence-electron chi connectivity index (χ1n) is 8.65. The smallest absolute Gasteiger partial charge is 0.253 e. The maximum Gasteiger partial charge on any atom is 0.253 e. The van der Waals surface area contributed by atoms with E-state index < -0.39 is 0 Å². The lowest BCUT2D eigenvalue weighted by Gasteiger charge is -2.15. The summed E-state index contributed by atoms with van der Waals surface area (Å²) in [5, 5.41) is 6.12. The monoisotopic (exact) mass is 407 g/mol. The van der Waals surface area contributed by atoms with E-state index in [0.717, 1.165) is 11.3 Å². The molecular weight excluding hydrogens is 385 g/mol. The summed E-state index contributed by atoms with van der Waals surface area (Å²) in [6, 6.07) is 10.9. The van der Waals surface area contributed by atoms with Crippen molar-refractivity contribution in [2.45, 2.75) is 26.3 Å². The largest absolute Gasteiger partial charge is 0.378 e. The lowest BCUT2D eigenvalue weighted by Crippen LogP contribution is -2.25. The minimum atomic E-state index is -0.360. The van der Waals surface area contributed by atoms with Crippen molar-refractivity contribution >= 4 is 46.4 Å². The molecule has 0 aliphatic carbocycles. The molecule has 2 N–H and O–H groups in total. The van der Waals surface area contributed by atoms with Crippen LogP contribution in [0.1, 0.15) is 35.7 Å². The number of halogens is 2. The third-order valence-corrected chi connectivity index (χ3v) is 4.44. The second-order valence-corrected chi connectivity index (χ2v) is 7.20. The molecule has 0 saturated carbocycles. The van der Waals surface area contributed by atoms with Crippen LogP contribution >= 0.6 is 23.2 Å². The van der Waals surface area contributed by atoms with E-state index >= 15 is 0 Å². The first kappa shape index (κ1) is 21.1. The van der Waals surface area contributed by atoms with Gasteiger partial charge in [-0.2, -0.15) is 0 Å². The van der Waals surface area contributed by atoms with Gasteiger partial charge in [0.25, 0.3) is 5.91 Å². The van der Waals surface area contributed by atoms with Crippen molar-refractivity contribution in [2.24, 2.45) is 0 Å². The maximum atomic E-state index is 12.7. The van der Waals surface area contributed by atoms with Gasteiger partial charge in [-0.25, -0.2) is 0 Å². The Labute approximate surface area is 169 Å². The van der Waals surface area contributed by atoms with E-state index in [2.05, 4.69) is 10.6 Å². The summed E-state index contributed by atoms with van der Waals surface area (Å²) in [7, 11) is 3.91. The van der Waals surface area contributed by atoms with Crippen LogP contribution in [-0.2, 0) is 11.3 Å². The Bertz CT molecular complexity index is 838. The zero-order valence-electron chi connectivity index (χ0n) is 15.6. The molecule has 0 aliphatic rings. The van der Waals surface area contributed by atoms with Crippen molar-refractivity contribution in [1.29, 1.82) is 0 Å². The van der Waals surface area contributed by atoms with Crippen molar-refractivity contribution in [3.63, 3.8) is 0 Å². The lowest BCUT2D eigenvalue weighted by molar-refractivity contribution is -0.116. The predicted molar refractivity (Wildman–Crippen MR) is 112 cm³/mol.